The zero-order valence-corrected chi connectivity index (χ0v) is 11.8. The summed E-state index contributed by atoms with van der Waals surface area (Å²) < 4.78 is 5.65. The fraction of sp³-hybridized carbons (Fsp3) is 0.200. The fourth-order valence-corrected chi connectivity index (χ4v) is 2.53. The lowest BCUT2D eigenvalue weighted by molar-refractivity contribution is 0.322. The Labute approximate surface area is 116 Å². The summed E-state index contributed by atoms with van der Waals surface area (Å²) in [7, 11) is 0.363. The largest absolute Gasteiger partial charge is 0.415 e. The van der Waals surface area contributed by atoms with Crippen LogP contribution in [0.2, 0.25) is 0 Å². The van der Waals surface area contributed by atoms with E-state index in [1.165, 1.54) is 11.1 Å². The number of alkyl halides is 1. The second kappa shape index (κ2) is 7.37. The molecule has 1 nitrogen and oxygen atoms in total. The summed E-state index contributed by atoms with van der Waals surface area (Å²) >= 11 is 5.66. The van der Waals surface area contributed by atoms with Gasteiger partial charge in [0.05, 0.1) is 0 Å². The van der Waals surface area contributed by atoms with Crippen LogP contribution in [0.15, 0.2) is 60.7 Å². The predicted molar refractivity (Wildman–Crippen MR) is 77.2 cm³/mol. The average Bonchev–Trinajstić information content (AvgIpc) is 2.46. The van der Waals surface area contributed by atoms with Gasteiger partial charge in [0.2, 0.25) is 9.76 Å². The highest BCUT2D eigenvalue weighted by molar-refractivity contribution is 6.45. The van der Waals surface area contributed by atoms with E-state index in [9.17, 15) is 0 Å². The van der Waals surface area contributed by atoms with E-state index in [0.717, 1.165) is 0 Å². The highest BCUT2D eigenvalue weighted by atomic mass is 35.5. The van der Waals surface area contributed by atoms with E-state index in [-0.39, 0.29) is 5.92 Å². The molecule has 0 unspecified atom stereocenters. The van der Waals surface area contributed by atoms with Crippen molar-refractivity contribution in [1.29, 1.82) is 0 Å². The Morgan fingerprint density at radius 1 is 0.889 bits per heavy atom. The molecule has 0 spiro atoms. The first-order chi connectivity index (χ1) is 8.92. The first-order valence-electron chi connectivity index (χ1n) is 5.92. The Hall–Kier alpha value is -1.09. The highest BCUT2D eigenvalue weighted by Gasteiger charge is 2.13. The number of hydrogen-bond acceptors (Lipinski definition) is 1. The van der Waals surface area contributed by atoms with Crippen LogP contribution in [0.1, 0.15) is 17.0 Å². The maximum Gasteiger partial charge on any atom is 0.245 e. The zero-order chi connectivity index (χ0) is 12.6. The Morgan fingerprint density at radius 3 is 1.83 bits per heavy atom. The van der Waals surface area contributed by atoms with Crippen LogP contribution >= 0.6 is 11.6 Å². The molecule has 2 aromatic rings. The van der Waals surface area contributed by atoms with Gasteiger partial charge in [-0.2, -0.15) is 0 Å². The quantitative estimate of drug-likeness (QED) is 0.444. The van der Waals surface area contributed by atoms with E-state index < -0.39 is 0 Å². The molecule has 0 saturated carbocycles. The van der Waals surface area contributed by atoms with Crippen LogP contribution in [-0.4, -0.2) is 21.9 Å². The second-order valence-electron chi connectivity index (χ2n) is 3.96. The number of rotatable bonds is 6. The summed E-state index contributed by atoms with van der Waals surface area (Å²) in [4.78, 5) is 0. The molecular formula is C15H15ClOSi. The highest BCUT2D eigenvalue weighted by Crippen LogP contribution is 2.24. The van der Waals surface area contributed by atoms with E-state index >= 15 is 0 Å². The van der Waals surface area contributed by atoms with E-state index in [4.69, 9.17) is 16.0 Å². The van der Waals surface area contributed by atoms with Gasteiger partial charge in [-0.1, -0.05) is 60.7 Å². The Bertz CT molecular complexity index is 407. The number of halogens is 1. The summed E-state index contributed by atoms with van der Waals surface area (Å²) in [5.74, 6) is 0.281. The third-order valence-electron chi connectivity index (χ3n) is 2.81. The van der Waals surface area contributed by atoms with E-state index in [0.29, 0.717) is 21.9 Å². The van der Waals surface area contributed by atoms with Gasteiger partial charge in [0.1, 0.15) is 0 Å². The molecule has 2 aromatic carbocycles. The van der Waals surface area contributed by atoms with Crippen molar-refractivity contribution in [1.82, 2.24) is 0 Å². The lowest BCUT2D eigenvalue weighted by Gasteiger charge is -2.18. The molecule has 2 rings (SSSR count). The van der Waals surface area contributed by atoms with Gasteiger partial charge in [-0.05, 0) is 11.1 Å². The molecule has 0 aromatic heterocycles. The lowest BCUT2D eigenvalue weighted by Crippen LogP contribution is -2.12. The summed E-state index contributed by atoms with van der Waals surface area (Å²) in [6, 6.07) is 20.9. The van der Waals surface area contributed by atoms with E-state index in [1.807, 2.05) is 12.1 Å². The first kappa shape index (κ1) is 13.3. The van der Waals surface area contributed by atoms with Crippen molar-refractivity contribution >= 4 is 21.4 Å². The molecule has 0 N–H and O–H groups in total. The molecule has 0 amide bonds. The van der Waals surface area contributed by atoms with Gasteiger partial charge in [-0.25, -0.2) is 0 Å². The van der Waals surface area contributed by atoms with Gasteiger partial charge >= 0.3 is 0 Å². The standard InChI is InChI=1S/C15H15ClOSi/c16-12-18-17-11-15(13-7-3-1-4-8-13)14-9-5-2-6-10-14/h1-10,15H,11-12H2. The average molecular weight is 275 g/mol. The third kappa shape index (κ3) is 3.70. The molecular weight excluding hydrogens is 260 g/mol. The summed E-state index contributed by atoms with van der Waals surface area (Å²) in [5, 5.41) is 0. The van der Waals surface area contributed by atoms with Crippen molar-refractivity contribution in [2.24, 2.45) is 0 Å². The van der Waals surface area contributed by atoms with Crippen LogP contribution in [0.3, 0.4) is 0 Å². The normalized spacial score (nSPS) is 10.8. The van der Waals surface area contributed by atoms with Crippen LogP contribution in [0, 0.1) is 0 Å². The molecule has 0 saturated heterocycles. The van der Waals surface area contributed by atoms with Crippen LogP contribution in [0.5, 0.6) is 0 Å². The molecule has 0 fully saturated rings. The fourth-order valence-electron chi connectivity index (χ4n) is 1.94. The predicted octanol–water partition coefficient (Wildman–Crippen LogP) is 3.65. The monoisotopic (exact) mass is 274 g/mol. The molecule has 92 valence electrons. The van der Waals surface area contributed by atoms with E-state index in [1.54, 1.807) is 0 Å². The molecule has 0 aliphatic carbocycles. The minimum absolute atomic E-state index is 0.281. The van der Waals surface area contributed by atoms with Crippen molar-refractivity contribution in [3.63, 3.8) is 0 Å². The second-order valence-corrected chi connectivity index (χ2v) is 5.61. The maximum absolute atomic E-state index is 5.66. The molecule has 0 atom stereocenters. The van der Waals surface area contributed by atoms with Gasteiger partial charge in [0.25, 0.3) is 0 Å². The molecule has 0 bridgehead atoms. The molecule has 0 aliphatic heterocycles. The van der Waals surface area contributed by atoms with Gasteiger partial charge in [-0.15, -0.1) is 11.6 Å². The van der Waals surface area contributed by atoms with Crippen molar-refractivity contribution in [2.75, 3.05) is 12.1 Å². The zero-order valence-electron chi connectivity index (χ0n) is 10.1. The topological polar surface area (TPSA) is 9.23 Å². The minimum atomic E-state index is 0.281. The van der Waals surface area contributed by atoms with Gasteiger partial charge in [0.15, 0.2) is 0 Å². The Kier molecular flexibility index (Phi) is 5.46. The van der Waals surface area contributed by atoms with E-state index in [2.05, 4.69) is 48.5 Å². The summed E-state index contributed by atoms with van der Waals surface area (Å²) in [6.45, 7) is 0.680. The molecule has 2 radical (unpaired) electrons. The van der Waals surface area contributed by atoms with Crippen molar-refractivity contribution in [3.8, 4) is 0 Å². The Balaban J connectivity index is 2.18. The number of benzene rings is 2. The van der Waals surface area contributed by atoms with Crippen LogP contribution in [0.4, 0.5) is 0 Å². The van der Waals surface area contributed by atoms with Crippen LogP contribution < -0.4 is 0 Å². The van der Waals surface area contributed by atoms with Crippen molar-refractivity contribution in [3.05, 3.63) is 71.8 Å². The van der Waals surface area contributed by atoms with Crippen LogP contribution in [-0.2, 0) is 4.43 Å². The summed E-state index contributed by atoms with van der Waals surface area (Å²) in [5.41, 5.74) is 3.13. The maximum atomic E-state index is 5.66. The Morgan fingerprint density at radius 2 is 1.39 bits per heavy atom. The van der Waals surface area contributed by atoms with Crippen LogP contribution in [0.25, 0.3) is 0 Å². The lowest BCUT2D eigenvalue weighted by atomic mass is 9.92. The molecule has 0 aliphatic rings. The summed E-state index contributed by atoms with van der Waals surface area (Å²) in [6.07, 6.45) is 0. The van der Waals surface area contributed by atoms with Crippen molar-refractivity contribution in [2.45, 2.75) is 5.92 Å². The van der Waals surface area contributed by atoms with Gasteiger partial charge in [-0.3, -0.25) is 0 Å². The van der Waals surface area contributed by atoms with Crippen molar-refractivity contribution < 1.29 is 4.43 Å². The van der Waals surface area contributed by atoms with Gasteiger partial charge in [0, 0.05) is 18.0 Å². The molecule has 0 heterocycles. The minimum Gasteiger partial charge on any atom is -0.415 e. The van der Waals surface area contributed by atoms with Gasteiger partial charge < -0.3 is 4.43 Å². The molecule has 3 heteroatoms. The SMILES string of the molecule is ClC[Si]OCC(c1ccccc1)c1ccccc1. The third-order valence-corrected chi connectivity index (χ3v) is 3.62. The molecule has 18 heavy (non-hydrogen) atoms. The number of hydrogen-bond donors (Lipinski definition) is 0. The smallest absolute Gasteiger partial charge is 0.245 e. The first-order valence-corrected chi connectivity index (χ1v) is 7.57.